The first-order valence-corrected chi connectivity index (χ1v) is 10.0. The van der Waals surface area contributed by atoms with Crippen molar-refractivity contribution in [3.05, 3.63) is 29.8 Å². The Balaban J connectivity index is 2.11. The molecule has 2 rings (SSSR count). The van der Waals surface area contributed by atoms with Crippen LogP contribution in [0.15, 0.2) is 29.2 Å². The fraction of sp³-hybridized carbons (Fsp3) is 0.462. The van der Waals surface area contributed by atoms with Crippen LogP contribution in [0.2, 0.25) is 0 Å². The summed E-state index contributed by atoms with van der Waals surface area (Å²) in [7, 11) is -6.98. The average Bonchev–Trinajstić information content (AvgIpc) is 2.77. The number of hydrogen-bond donors (Lipinski definition) is 1. The van der Waals surface area contributed by atoms with E-state index in [2.05, 4.69) is 4.72 Å². The molecule has 22 heavy (non-hydrogen) atoms. The largest absolute Gasteiger partial charge is 0.462 e. The molecule has 0 radical (unpaired) electrons. The SMILES string of the molecule is CCOC(=O)c1ccc(S(=O)(=O)N[C@H]2CCS(=O)(=O)C2)cc1. The molecule has 1 atom stereocenters. The molecule has 1 N–H and O–H groups in total. The minimum atomic E-state index is -3.82. The van der Waals surface area contributed by atoms with Crippen LogP contribution in [0, 0.1) is 0 Å². The van der Waals surface area contributed by atoms with Gasteiger partial charge in [0.25, 0.3) is 0 Å². The number of benzene rings is 1. The zero-order valence-electron chi connectivity index (χ0n) is 12.0. The Morgan fingerprint density at radius 3 is 2.45 bits per heavy atom. The van der Waals surface area contributed by atoms with Gasteiger partial charge in [0.1, 0.15) is 0 Å². The van der Waals surface area contributed by atoms with Crippen molar-refractivity contribution in [1.29, 1.82) is 0 Å². The first-order valence-electron chi connectivity index (χ1n) is 6.73. The second kappa shape index (κ2) is 6.35. The standard InChI is InChI=1S/C13H17NO6S2/c1-2-20-13(15)10-3-5-12(6-4-10)22(18,19)14-11-7-8-21(16,17)9-11/h3-6,11,14H,2,7-9H2,1H3/t11-/m0/s1. The Hall–Kier alpha value is -1.45. The highest BCUT2D eigenvalue weighted by molar-refractivity contribution is 7.92. The van der Waals surface area contributed by atoms with Crippen molar-refractivity contribution in [2.45, 2.75) is 24.3 Å². The highest BCUT2D eigenvalue weighted by Gasteiger charge is 2.31. The molecule has 7 nitrogen and oxygen atoms in total. The van der Waals surface area contributed by atoms with Gasteiger partial charge in [0.15, 0.2) is 9.84 Å². The molecule has 1 saturated heterocycles. The Morgan fingerprint density at radius 2 is 1.95 bits per heavy atom. The molecule has 0 spiro atoms. The topological polar surface area (TPSA) is 107 Å². The van der Waals surface area contributed by atoms with E-state index in [4.69, 9.17) is 4.74 Å². The molecule has 1 aromatic carbocycles. The number of rotatable bonds is 5. The maximum atomic E-state index is 12.2. The Kier molecular flexibility index (Phi) is 4.88. The number of carbonyl (C=O) groups excluding carboxylic acids is 1. The predicted molar refractivity (Wildman–Crippen MR) is 79.8 cm³/mol. The summed E-state index contributed by atoms with van der Waals surface area (Å²) in [5.74, 6) is -0.726. The summed E-state index contributed by atoms with van der Waals surface area (Å²) in [6, 6.07) is 4.69. The molecule has 1 fully saturated rings. The van der Waals surface area contributed by atoms with E-state index < -0.39 is 31.9 Å². The number of carbonyl (C=O) groups is 1. The highest BCUT2D eigenvalue weighted by atomic mass is 32.2. The molecular formula is C13H17NO6S2. The number of ether oxygens (including phenoxy) is 1. The molecule has 0 bridgehead atoms. The molecule has 0 aromatic heterocycles. The molecule has 0 saturated carbocycles. The lowest BCUT2D eigenvalue weighted by Crippen LogP contribution is -2.35. The summed E-state index contributed by atoms with van der Waals surface area (Å²) in [6.07, 6.45) is 0.266. The predicted octanol–water partition coefficient (Wildman–Crippen LogP) is 0.329. The van der Waals surface area contributed by atoms with E-state index >= 15 is 0 Å². The molecule has 0 amide bonds. The van der Waals surface area contributed by atoms with Crippen molar-refractivity contribution in [3.63, 3.8) is 0 Å². The van der Waals surface area contributed by atoms with E-state index in [-0.39, 0.29) is 35.0 Å². The number of hydrogen-bond acceptors (Lipinski definition) is 6. The third kappa shape index (κ3) is 4.05. The van der Waals surface area contributed by atoms with E-state index in [1.54, 1.807) is 6.92 Å². The zero-order valence-corrected chi connectivity index (χ0v) is 13.6. The quantitative estimate of drug-likeness (QED) is 0.769. The van der Waals surface area contributed by atoms with Gasteiger partial charge in [0.2, 0.25) is 10.0 Å². The number of sulfonamides is 1. The monoisotopic (exact) mass is 347 g/mol. The van der Waals surface area contributed by atoms with Crippen molar-refractivity contribution in [2.75, 3.05) is 18.1 Å². The Morgan fingerprint density at radius 1 is 1.32 bits per heavy atom. The first kappa shape index (κ1) is 16.9. The second-order valence-corrected chi connectivity index (χ2v) is 8.91. The van der Waals surface area contributed by atoms with Gasteiger partial charge in [-0.15, -0.1) is 0 Å². The van der Waals surface area contributed by atoms with Gasteiger partial charge in [-0.25, -0.2) is 26.4 Å². The van der Waals surface area contributed by atoms with Gasteiger partial charge in [0, 0.05) is 6.04 Å². The molecular weight excluding hydrogens is 330 g/mol. The lowest BCUT2D eigenvalue weighted by molar-refractivity contribution is 0.0526. The molecule has 1 aliphatic heterocycles. The summed E-state index contributed by atoms with van der Waals surface area (Å²) < 4.78 is 54.3. The average molecular weight is 347 g/mol. The minimum Gasteiger partial charge on any atom is -0.462 e. The van der Waals surface area contributed by atoms with Crippen LogP contribution in [-0.4, -0.2) is 47.0 Å². The van der Waals surface area contributed by atoms with Crippen molar-refractivity contribution < 1.29 is 26.4 Å². The molecule has 9 heteroatoms. The lowest BCUT2D eigenvalue weighted by atomic mass is 10.2. The Bertz CT molecular complexity index is 752. The van der Waals surface area contributed by atoms with E-state index in [1.165, 1.54) is 24.3 Å². The van der Waals surface area contributed by atoms with E-state index in [0.717, 1.165) is 0 Å². The first-order chi connectivity index (χ1) is 10.2. The van der Waals surface area contributed by atoms with Crippen LogP contribution < -0.4 is 4.72 Å². The number of esters is 1. The normalized spacial score (nSPS) is 20.7. The summed E-state index contributed by atoms with van der Waals surface area (Å²) in [5.41, 5.74) is 0.254. The van der Waals surface area contributed by atoms with E-state index in [9.17, 15) is 21.6 Å². The van der Waals surface area contributed by atoms with Gasteiger partial charge in [-0.3, -0.25) is 0 Å². The van der Waals surface area contributed by atoms with Gasteiger partial charge >= 0.3 is 5.97 Å². The van der Waals surface area contributed by atoms with Crippen molar-refractivity contribution in [2.24, 2.45) is 0 Å². The van der Waals surface area contributed by atoms with Gasteiger partial charge in [0.05, 0.1) is 28.6 Å². The van der Waals surface area contributed by atoms with Crippen molar-refractivity contribution >= 4 is 25.8 Å². The molecule has 0 aliphatic carbocycles. The van der Waals surface area contributed by atoms with Crippen LogP contribution in [-0.2, 0) is 24.6 Å². The maximum Gasteiger partial charge on any atom is 0.338 e. The fourth-order valence-corrected chi connectivity index (χ4v) is 5.21. The summed E-state index contributed by atoms with van der Waals surface area (Å²) in [4.78, 5) is 11.5. The van der Waals surface area contributed by atoms with Crippen LogP contribution in [0.3, 0.4) is 0 Å². The third-order valence-corrected chi connectivity index (χ3v) is 6.53. The summed E-state index contributed by atoms with van der Waals surface area (Å²) in [6.45, 7) is 1.91. The smallest absolute Gasteiger partial charge is 0.338 e. The van der Waals surface area contributed by atoms with Crippen LogP contribution >= 0.6 is 0 Å². The Labute approximate surface area is 129 Å². The van der Waals surface area contributed by atoms with E-state index in [1.807, 2.05) is 0 Å². The second-order valence-electron chi connectivity index (χ2n) is 4.97. The molecule has 1 heterocycles. The molecule has 1 aliphatic rings. The van der Waals surface area contributed by atoms with Crippen molar-refractivity contribution in [3.8, 4) is 0 Å². The van der Waals surface area contributed by atoms with E-state index in [0.29, 0.717) is 0 Å². The zero-order chi connectivity index (χ0) is 16.4. The lowest BCUT2D eigenvalue weighted by Gasteiger charge is -2.11. The van der Waals surface area contributed by atoms with Crippen LogP contribution in [0.1, 0.15) is 23.7 Å². The number of sulfone groups is 1. The van der Waals surface area contributed by atoms with Gasteiger partial charge < -0.3 is 4.74 Å². The molecule has 1 aromatic rings. The third-order valence-electron chi connectivity index (χ3n) is 3.23. The maximum absolute atomic E-state index is 12.2. The van der Waals surface area contributed by atoms with Gasteiger partial charge in [-0.05, 0) is 37.6 Å². The summed E-state index contributed by atoms with van der Waals surface area (Å²) >= 11 is 0. The minimum absolute atomic E-state index is 0.0119. The van der Waals surface area contributed by atoms with Crippen LogP contribution in [0.25, 0.3) is 0 Å². The molecule has 0 unspecified atom stereocenters. The fourth-order valence-electron chi connectivity index (χ4n) is 2.16. The highest BCUT2D eigenvalue weighted by Crippen LogP contribution is 2.16. The number of nitrogens with one attached hydrogen (secondary N) is 1. The van der Waals surface area contributed by atoms with Crippen LogP contribution in [0.5, 0.6) is 0 Å². The van der Waals surface area contributed by atoms with Crippen LogP contribution in [0.4, 0.5) is 0 Å². The van der Waals surface area contributed by atoms with Crippen molar-refractivity contribution in [1.82, 2.24) is 4.72 Å². The molecule has 122 valence electrons. The summed E-state index contributed by atoms with van der Waals surface area (Å²) in [5, 5.41) is 0. The van der Waals surface area contributed by atoms with Gasteiger partial charge in [-0.1, -0.05) is 0 Å². The van der Waals surface area contributed by atoms with Gasteiger partial charge in [-0.2, -0.15) is 0 Å².